The van der Waals surface area contributed by atoms with E-state index in [0.29, 0.717) is 11.5 Å². The van der Waals surface area contributed by atoms with Gasteiger partial charge in [-0.3, -0.25) is 0 Å². The largest absolute Gasteiger partial charge is 0.359 e. The SMILES string of the molecule is C=C1CC2(CCN(C(C)C)CC2)c2ccccc2N1. The topological polar surface area (TPSA) is 15.3 Å². The molecule has 1 aromatic rings. The number of likely N-dealkylation sites (tertiary alicyclic amines) is 1. The van der Waals surface area contributed by atoms with Crippen LogP contribution in [0.3, 0.4) is 0 Å². The van der Waals surface area contributed by atoms with Crippen molar-refractivity contribution in [3.8, 4) is 0 Å². The van der Waals surface area contributed by atoms with Gasteiger partial charge in [0.1, 0.15) is 0 Å². The second-order valence-corrected chi connectivity index (χ2v) is 6.36. The molecule has 1 saturated heterocycles. The third-order valence-corrected chi connectivity index (χ3v) is 4.85. The average molecular weight is 256 g/mol. The summed E-state index contributed by atoms with van der Waals surface area (Å²) in [7, 11) is 0. The van der Waals surface area contributed by atoms with Crippen LogP contribution in [0.2, 0.25) is 0 Å². The van der Waals surface area contributed by atoms with Crippen molar-refractivity contribution >= 4 is 5.69 Å². The summed E-state index contributed by atoms with van der Waals surface area (Å²) in [6.45, 7) is 11.2. The van der Waals surface area contributed by atoms with Gasteiger partial charge in [0.2, 0.25) is 0 Å². The van der Waals surface area contributed by atoms with Gasteiger partial charge >= 0.3 is 0 Å². The maximum atomic E-state index is 4.19. The molecule has 2 aliphatic rings. The molecule has 2 heteroatoms. The van der Waals surface area contributed by atoms with Gasteiger partial charge in [-0.05, 0) is 57.8 Å². The number of fused-ring (bicyclic) bond motifs is 2. The first-order valence-electron chi connectivity index (χ1n) is 7.39. The number of hydrogen-bond acceptors (Lipinski definition) is 2. The molecule has 1 N–H and O–H groups in total. The van der Waals surface area contributed by atoms with E-state index in [-0.39, 0.29) is 0 Å². The van der Waals surface area contributed by atoms with Crippen molar-refractivity contribution in [2.75, 3.05) is 18.4 Å². The molecule has 0 unspecified atom stereocenters. The summed E-state index contributed by atoms with van der Waals surface area (Å²) in [5.41, 5.74) is 4.28. The molecule has 0 aromatic heterocycles. The lowest BCUT2D eigenvalue weighted by molar-refractivity contribution is 0.127. The van der Waals surface area contributed by atoms with Gasteiger partial charge in [-0.25, -0.2) is 0 Å². The van der Waals surface area contributed by atoms with Crippen molar-refractivity contribution < 1.29 is 0 Å². The molecule has 1 spiro atoms. The summed E-state index contributed by atoms with van der Waals surface area (Å²) in [5.74, 6) is 0. The molecule has 0 saturated carbocycles. The van der Waals surface area contributed by atoms with Crippen LogP contribution in [0, 0.1) is 0 Å². The van der Waals surface area contributed by atoms with E-state index in [9.17, 15) is 0 Å². The fraction of sp³-hybridized carbons (Fsp3) is 0.529. The molecule has 2 nitrogen and oxygen atoms in total. The van der Waals surface area contributed by atoms with Gasteiger partial charge in [-0.15, -0.1) is 0 Å². The summed E-state index contributed by atoms with van der Waals surface area (Å²) in [5, 5.41) is 3.46. The van der Waals surface area contributed by atoms with Crippen LogP contribution in [0.1, 0.15) is 38.7 Å². The molecule has 0 radical (unpaired) electrons. The van der Waals surface area contributed by atoms with E-state index < -0.39 is 0 Å². The van der Waals surface area contributed by atoms with E-state index in [1.165, 1.54) is 42.9 Å². The number of piperidine rings is 1. The molecule has 2 heterocycles. The molecular weight excluding hydrogens is 232 g/mol. The van der Waals surface area contributed by atoms with E-state index >= 15 is 0 Å². The highest BCUT2D eigenvalue weighted by molar-refractivity contribution is 5.61. The molecule has 102 valence electrons. The predicted octanol–water partition coefficient (Wildman–Crippen LogP) is 3.76. The number of hydrogen-bond donors (Lipinski definition) is 1. The van der Waals surface area contributed by atoms with E-state index in [1.807, 2.05) is 0 Å². The molecule has 1 fully saturated rings. The van der Waals surface area contributed by atoms with Crippen molar-refractivity contribution in [2.24, 2.45) is 0 Å². The van der Waals surface area contributed by atoms with Crippen LogP contribution in [0.5, 0.6) is 0 Å². The standard InChI is InChI=1S/C17H24N2/c1-13(2)19-10-8-17(9-11-19)12-14(3)18-16-7-5-4-6-15(16)17/h4-7,13,18H,3,8-12H2,1-2H3. The fourth-order valence-corrected chi connectivity index (χ4v) is 3.71. The van der Waals surface area contributed by atoms with Crippen molar-refractivity contribution in [3.05, 3.63) is 42.1 Å². The highest BCUT2D eigenvalue weighted by atomic mass is 15.2. The minimum Gasteiger partial charge on any atom is -0.359 e. The zero-order valence-corrected chi connectivity index (χ0v) is 12.1. The zero-order valence-electron chi connectivity index (χ0n) is 12.1. The third kappa shape index (κ3) is 2.18. The Morgan fingerprint density at radius 2 is 1.89 bits per heavy atom. The molecule has 0 amide bonds. The fourth-order valence-electron chi connectivity index (χ4n) is 3.71. The smallest absolute Gasteiger partial charge is 0.0420 e. The van der Waals surface area contributed by atoms with E-state index in [4.69, 9.17) is 0 Å². The Bertz CT molecular complexity index is 482. The van der Waals surface area contributed by atoms with E-state index in [0.717, 1.165) is 6.42 Å². The van der Waals surface area contributed by atoms with Crippen LogP contribution >= 0.6 is 0 Å². The quantitative estimate of drug-likeness (QED) is 0.823. The monoisotopic (exact) mass is 256 g/mol. The molecule has 3 rings (SSSR count). The summed E-state index contributed by atoms with van der Waals surface area (Å²) < 4.78 is 0. The summed E-state index contributed by atoms with van der Waals surface area (Å²) in [4.78, 5) is 2.60. The van der Waals surface area contributed by atoms with Gasteiger partial charge in [0.15, 0.2) is 0 Å². The van der Waals surface area contributed by atoms with Crippen LogP contribution in [0.15, 0.2) is 36.5 Å². The van der Waals surface area contributed by atoms with Crippen molar-refractivity contribution in [2.45, 2.75) is 44.6 Å². The molecule has 0 atom stereocenters. The summed E-state index contributed by atoms with van der Waals surface area (Å²) in [6.07, 6.45) is 3.60. The molecule has 19 heavy (non-hydrogen) atoms. The van der Waals surface area contributed by atoms with E-state index in [2.05, 4.69) is 54.9 Å². The number of allylic oxidation sites excluding steroid dienone is 1. The molecule has 0 bridgehead atoms. The number of para-hydroxylation sites is 1. The Morgan fingerprint density at radius 3 is 2.58 bits per heavy atom. The highest BCUT2D eigenvalue weighted by Gasteiger charge is 2.40. The summed E-state index contributed by atoms with van der Waals surface area (Å²) >= 11 is 0. The maximum Gasteiger partial charge on any atom is 0.0420 e. The Hall–Kier alpha value is -1.28. The molecular formula is C17H24N2. The van der Waals surface area contributed by atoms with Gasteiger partial charge in [0, 0.05) is 22.8 Å². The third-order valence-electron chi connectivity index (χ3n) is 4.85. The Kier molecular flexibility index (Phi) is 3.14. The number of anilines is 1. The van der Waals surface area contributed by atoms with Crippen LogP contribution in [-0.4, -0.2) is 24.0 Å². The van der Waals surface area contributed by atoms with Crippen molar-refractivity contribution in [1.29, 1.82) is 0 Å². The first kappa shape index (κ1) is 12.7. The maximum absolute atomic E-state index is 4.19. The second-order valence-electron chi connectivity index (χ2n) is 6.36. The number of nitrogens with one attached hydrogen (secondary N) is 1. The molecule has 2 aliphatic heterocycles. The van der Waals surface area contributed by atoms with Gasteiger partial charge in [-0.1, -0.05) is 24.8 Å². The number of benzene rings is 1. The van der Waals surface area contributed by atoms with Crippen LogP contribution in [0.25, 0.3) is 0 Å². The normalized spacial score (nSPS) is 22.4. The van der Waals surface area contributed by atoms with Crippen LogP contribution < -0.4 is 5.32 Å². The number of nitrogens with zero attached hydrogens (tertiary/aromatic N) is 1. The Balaban J connectivity index is 1.91. The van der Waals surface area contributed by atoms with Gasteiger partial charge in [0.05, 0.1) is 0 Å². The first-order chi connectivity index (χ1) is 9.11. The lowest BCUT2D eigenvalue weighted by Crippen LogP contribution is -2.47. The minimum atomic E-state index is 0.324. The lowest BCUT2D eigenvalue weighted by Gasteiger charge is -2.47. The van der Waals surface area contributed by atoms with Crippen LogP contribution in [0.4, 0.5) is 5.69 Å². The van der Waals surface area contributed by atoms with Gasteiger partial charge in [-0.2, -0.15) is 0 Å². The van der Waals surface area contributed by atoms with Gasteiger partial charge < -0.3 is 10.2 Å². The number of rotatable bonds is 1. The summed E-state index contributed by atoms with van der Waals surface area (Å²) in [6, 6.07) is 9.44. The molecule has 1 aromatic carbocycles. The molecule has 0 aliphatic carbocycles. The van der Waals surface area contributed by atoms with Crippen molar-refractivity contribution in [1.82, 2.24) is 4.90 Å². The lowest BCUT2D eigenvalue weighted by atomic mass is 9.67. The second kappa shape index (κ2) is 4.68. The highest BCUT2D eigenvalue weighted by Crippen LogP contribution is 2.47. The predicted molar refractivity (Wildman–Crippen MR) is 81.4 cm³/mol. The van der Waals surface area contributed by atoms with Crippen molar-refractivity contribution in [3.63, 3.8) is 0 Å². The zero-order chi connectivity index (χ0) is 13.5. The first-order valence-corrected chi connectivity index (χ1v) is 7.39. The van der Waals surface area contributed by atoms with Crippen LogP contribution in [-0.2, 0) is 5.41 Å². The Labute approximate surface area is 116 Å². The average Bonchev–Trinajstić information content (AvgIpc) is 2.39. The Morgan fingerprint density at radius 1 is 1.21 bits per heavy atom. The van der Waals surface area contributed by atoms with Gasteiger partial charge in [0.25, 0.3) is 0 Å². The van der Waals surface area contributed by atoms with E-state index in [1.54, 1.807) is 0 Å². The minimum absolute atomic E-state index is 0.324.